The Hall–Kier alpha value is -1.28. The van der Waals surface area contributed by atoms with Crippen LogP contribution in [0.3, 0.4) is 0 Å². The summed E-state index contributed by atoms with van der Waals surface area (Å²) in [5.41, 5.74) is 6.75. The van der Waals surface area contributed by atoms with Crippen molar-refractivity contribution in [3.8, 4) is 0 Å². The fraction of sp³-hybridized carbons (Fsp3) is 0.773. The van der Waals surface area contributed by atoms with E-state index >= 15 is 0 Å². The summed E-state index contributed by atoms with van der Waals surface area (Å²) in [6.07, 6.45) is 0.536. The van der Waals surface area contributed by atoms with Gasteiger partial charge in [0.1, 0.15) is 5.70 Å². The monoisotopic (exact) mass is 483 g/mol. The minimum absolute atomic E-state index is 0.0106. The number of carbonyl (C=O) groups is 3. The van der Waals surface area contributed by atoms with E-state index in [2.05, 4.69) is 32.6 Å². The number of hydrogen-bond acceptors (Lipinski definition) is 6. The van der Waals surface area contributed by atoms with E-state index in [1.165, 1.54) is 0 Å². The molecule has 2 N–H and O–H groups in total. The molecule has 2 saturated heterocycles. The highest BCUT2D eigenvalue weighted by molar-refractivity contribution is 7.10. The Morgan fingerprint density at radius 1 is 1.25 bits per heavy atom. The molecular formula is C22H38N3O5PSi. The number of fused-ring (bicyclic) bond motifs is 1. The molecule has 0 aromatic carbocycles. The largest absolute Gasteiger partial charge is 0.447 e. The molecule has 0 aromatic heterocycles. The molecule has 8 nitrogen and oxygen atoms in total. The van der Waals surface area contributed by atoms with Gasteiger partial charge in [-0.2, -0.15) is 0 Å². The van der Waals surface area contributed by atoms with Crippen LogP contribution in [0.1, 0.15) is 41.0 Å². The minimum Gasteiger partial charge on any atom is -0.447 e. The zero-order valence-electron chi connectivity index (χ0n) is 19.9. The van der Waals surface area contributed by atoms with E-state index in [9.17, 15) is 14.4 Å². The fourth-order valence-electron chi connectivity index (χ4n) is 5.80. The number of nitrogens with zero attached hydrogens (tertiary/aromatic N) is 2. The lowest BCUT2D eigenvalue weighted by Crippen LogP contribution is -2.65. The zero-order valence-corrected chi connectivity index (χ0v) is 22.1. The van der Waals surface area contributed by atoms with Gasteiger partial charge in [-0.25, -0.2) is 4.79 Å². The van der Waals surface area contributed by atoms with Gasteiger partial charge in [0.25, 0.3) is 0 Å². The second-order valence-corrected chi connectivity index (χ2v) is 14.4. The van der Waals surface area contributed by atoms with Crippen LogP contribution in [0.5, 0.6) is 0 Å². The van der Waals surface area contributed by atoms with E-state index in [1.54, 1.807) is 4.90 Å². The smallest absolute Gasteiger partial charge is 0.357 e. The Labute approximate surface area is 194 Å². The summed E-state index contributed by atoms with van der Waals surface area (Å²) in [5, 5.41) is 0. The molecule has 0 aliphatic carbocycles. The molecule has 0 saturated carbocycles. The molecule has 180 valence electrons. The Bertz CT molecular complexity index is 794. The number of nitrogens with two attached hydrogens (primary N) is 1. The van der Waals surface area contributed by atoms with Gasteiger partial charge >= 0.3 is 5.97 Å². The molecule has 32 heavy (non-hydrogen) atoms. The topological polar surface area (TPSA) is 102 Å². The molecule has 6 atom stereocenters. The number of rotatable bonds is 10. The summed E-state index contributed by atoms with van der Waals surface area (Å²) < 4.78 is 11.6. The van der Waals surface area contributed by atoms with Crippen molar-refractivity contribution in [2.45, 2.75) is 71.3 Å². The highest BCUT2D eigenvalue weighted by Gasteiger charge is 2.61. The highest BCUT2D eigenvalue weighted by Crippen LogP contribution is 2.49. The molecule has 3 rings (SSSR count). The summed E-state index contributed by atoms with van der Waals surface area (Å²) in [6, 6.07) is 2.98. The molecule has 10 heteroatoms. The Morgan fingerprint density at radius 3 is 2.38 bits per heavy atom. The van der Waals surface area contributed by atoms with E-state index < -0.39 is 14.3 Å². The first kappa shape index (κ1) is 25.3. The molecule has 3 aliphatic heterocycles. The number of primary amides is 1. The van der Waals surface area contributed by atoms with Gasteiger partial charge in [-0.1, -0.05) is 27.7 Å². The van der Waals surface area contributed by atoms with Gasteiger partial charge in [-0.05, 0) is 43.6 Å². The second-order valence-electron chi connectivity index (χ2n) is 9.48. The average Bonchev–Trinajstić information content (AvgIpc) is 3.34. The summed E-state index contributed by atoms with van der Waals surface area (Å²) in [4.78, 5) is 41.3. The van der Waals surface area contributed by atoms with Crippen LogP contribution in [0.4, 0.5) is 0 Å². The van der Waals surface area contributed by atoms with Gasteiger partial charge in [0.15, 0.2) is 8.32 Å². The SMILES string of the molecule is CC[Si](CC)(CC)O[C@H](C)C1C(=O)N2C(C(=O)OP)=C(CN3CC[C@@H](C(N)=O)C3)[C@H](C)[C@H]12. The standard InChI is InChI=1S/C22H38N3O5PSi/c1-6-32(7-2,8-3)30-14(5)17-18-13(4)16(12-24-10-9-15(11-24)20(23)26)19(22(28)29-31)25(18)21(17)27/h13-15,17-18H,6-12,31H2,1-5H3,(H2,23,26)/t13-,14+,15+,17?,18+/m0/s1. The minimum atomic E-state index is -1.86. The fourth-order valence-corrected chi connectivity index (χ4v) is 8.85. The Kier molecular flexibility index (Phi) is 7.85. The van der Waals surface area contributed by atoms with Crippen LogP contribution in [0.25, 0.3) is 0 Å². The molecule has 0 radical (unpaired) electrons. The third-order valence-electron chi connectivity index (χ3n) is 8.04. The predicted octanol–water partition coefficient (Wildman–Crippen LogP) is 2.27. The normalized spacial score (nSPS) is 29.2. The number of amides is 2. The quantitative estimate of drug-likeness (QED) is 0.291. The summed E-state index contributed by atoms with van der Waals surface area (Å²) in [5.74, 6) is -1.27. The van der Waals surface area contributed by atoms with Crippen molar-refractivity contribution in [1.82, 2.24) is 9.80 Å². The molecule has 3 heterocycles. The lowest BCUT2D eigenvalue weighted by Gasteiger charge is -2.49. The lowest BCUT2D eigenvalue weighted by molar-refractivity contribution is -0.161. The van der Waals surface area contributed by atoms with Crippen molar-refractivity contribution < 1.29 is 23.3 Å². The van der Waals surface area contributed by atoms with Gasteiger partial charge in [0, 0.05) is 19.0 Å². The van der Waals surface area contributed by atoms with Gasteiger partial charge in [0.05, 0.1) is 33.4 Å². The molecule has 2 fully saturated rings. The van der Waals surface area contributed by atoms with Crippen molar-refractivity contribution in [2.75, 3.05) is 19.6 Å². The first-order chi connectivity index (χ1) is 15.1. The van der Waals surface area contributed by atoms with Crippen molar-refractivity contribution in [1.29, 1.82) is 0 Å². The van der Waals surface area contributed by atoms with E-state index in [0.29, 0.717) is 18.8 Å². The number of carbonyl (C=O) groups excluding carboxylic acids is 3. The first-order valence-corrected chi connectivity index (χ1v) is 14.8. The van der Waals surface area contributed by atoms with Crippen molar-refractivity contribution in [2.24, 2.45) is 23.5 Å². The molecular weight excluding hydrogens is 445 g/mol. The van der Waals surface area contributed by atoms with E-state index in [1.807, 2.05) is 16.4 Å². The highest BCUT2D eigenvalue weighted by atomic mass is 31.0. The summed E-state index contributed by atoms with van der Waals surface area (Å²) >= 11 is 0. The Balaban J connectivity index is 1.82. The maximum absolute atomic E-state index is 13.3. The van der Waals surface area contributed by atoms with E-state index in [0.717, 1.165) is 36.7 Å². The van der Waals surface area contributed by atoms with Crippen LogP contribution in [-0.2, 0) is 23.3 Å². The predicted molar refractivity (Wildman–Crippen MR) is 128 cm³/mol. The molecule has 0 aromatic rings. The molecule has 0 spiro atoms. The molecule has 2 unspecified atom stereocenters. The van der Waals surface area contributed by atoms with Gasteiger partial charge < -0.3 is 19.6 Å². The van der Waals surface area contributed by atoms with Crippen LogP contribution >= 0.6 is 9.47 Å². The molecule has 3 aliphatic rings. The first-order valence-electron chi connectivity index (χ1n) is 11.8. The van der Waals surface area contributed by atoms with Crippen LogP contribution in [0.15, 0.2) is 11.3 Å². The number of β-lactam (4-membered cyclic amide) rings is 1. The maximum atomic E-state index is 13.3. The van der Waals surface area contributed by atoms with E-state index in [4.69, 9.17) is 14.7 Å². The van der Waals surface area contributed by atoms with Crippen LogP contribution in [0, 0.1) is 17.8 Å². The van der Waals surface area contributed by atoms with Crippen LogP contribution in [0.2, 0.25) is 18.1 Å². The number of likely N-dealkylation sites (tertiary alicyclic amines) is 1. The summed E-state index contributed by atoms with van der Waals surface area (Å²) in [7, 11) is 0.131. The van der Waals surface area contributed by atoms with Crippen molar-refractivity contribution in [3.05, 3.63) is 11.3 Å². The second kappa shape index (κ2) is 9.91. The maximum Gasteiger partial charge on any atom is 0.357 e. The Morgan fingerprint density at radius 2 is 1.88 bits per heavy atom. The average molecular weight is 484 g/mol. The zero-order chi connectivity index (χ0) is 23.8. The summed E-state index contributed by atoms with van der Waals surface area (Å²) in [6.45, 7) is 12.5. The van der Waals surface area contributed by atoms with Crippen LogP contribution in [-0.4, -0.2) is 67.7 Å². The lowest BCUT2D eigenvalue weighted by atomic mass is 9.77. The molecule has 0 bridgehead atoms. The number of hydrogen-bond donors (Lipinski definition) is 1. The van der Waals surface area contributed by atoms with Gasteiger partial charge in [-0.3, -0.25) is 14.5 Å². The van der Waals surface area contributed by atoms with Gasteiger partial charge in [0.2, 0.25) is 11.8 Å². The third-order valence-corrected chi connectivity index (χ3v) is 13.0. The van der Waals surface area contributed by atoms with Crippen LogP contribution < -0.4 is 5.73 Å². The van der Waals surface area contributed by atoms with E-state index in [-0.39, 0.29) is 41.7 Å². The molecule has 2 amide bonds. The third kappa shape index (κ3) is 4.29. The van der Waals surface area contributed by atoms with Crippen molar-refractivity contribution >= 4 is 35.6 Å². The van der Waals surface area contributed by atoms with Gasteiger partial charge in [-0.15, -0.1) is 0 Å². The van der Waals surface area contributed by atoms with Crippen molar-refractivity contribution in [3.63, 3.8) is 0 Å².